The van der Waals surface area contributed by atoms with E-state index in [1.165, 1.54) is 0 Å². The molecule has 10 heteroatoms. The van der Waals surface area contributed by atoms with E-state index in [1.54, 1.807) is 4.57 Å². The van der Waals surface area contributed by atoms with Gasteiger partial charge in [0.2, 0.25) is 5.82 Å². The highest BCUT2D eigenvalue weighted by Crippen LogP contribution is 2.28. The lowest BCUT2D eigenvalue weighted by atomic mass is 10.0. The number of hydrogen-bond acceptors (Lipinski definition) is 5. The van der Waals surface area contributed by atoms with Crippen molar-refractivity contribution >= 4 is 15.9 Å². The predicted octanol–water partition coefficient (Wildman–Crippen LogP) is 4.86. The molecule has 0 atom stereocenters. The van der Waals surface area contributed by atoms with Crippen LogP contribution in [0.1, 0.15) is 37.9 Å². The maximum absolute atomic E-state index is 13.6. The summed E-state index contributed by atoms with van der Waals surface area (Å²) in [5.74, 6) is 1.37. The van der Waals surface area contributed by atoms with Gasteiger partial charge in [0.25, 0.3) is 0 Å². The first-order chi connectivity index (χ1) is 17.6. The predicted molar refractivity (Wildman–Crippen MR) is 142 cm³/mol. The average molecular weight is 547 g/mol. The summed E-state index contributed by atoms with van der Waals surface area (Å²) >= 11 is 3.62. The second kappa shape index (κ2) is 10.4. The van der Waals surface area contributed by atoms with Crippen LogP contribution in [0.4, 0.5) is 0 Å². The SMILES string of the molecule is CCCCc1cn(-c2c(Br)ccn2CC)c(=O)n1Cc1ccc(-c2ccccc2-c2nn[nH]n2)nc1. The monoisotopic (exact) mass is 546 g/mol. The van der Waals surface area contributed by atoms with Crippen LogP contribution in [-0.4, -0.2) is 39.3 Å². The molecule has 4 aromatic heterocycles. The number of H-pyrrole nitrogens is 1. The number of aromatic amines is 1. The van der Waals surface area contributed by atoms with Crippen molar-refractivity contribution in [3.05, 3.63) is 87.3 Å². The fraction of sp³-hybridized carbons (Fsp3) is 0.269. The van der Waals surface area contributed by atoms with Gasteiger partial charge >= 0.3 is 5.69 Å². The number of aromatic nitrogens is 8. The van der Waals surface area contributed by atoms with Gasteiger partial charge in [-0.25, -0.2) is 4.79 Å². The summed E-state index contributed by atoms with van der Waals surface area (Å²) < 4.78 is 6.58. The van der Waals surface area contributed by atoms with Crippen LogP contribution in [0, 0.1) is 0 Å². The fourth-order valence-electron chi connectivity index (χ4n) is 4.39. The number of halogens is 1. The van der Waals surface area contributed by atoms with Crippen molar-refractivity contribution in [3.8, 4) is 28.5 Å². The molecule has 0 spiro atoms. The number of rotatable bonds is 9. The van der Waals surface area contributed by atoms with E-state index < -0.39 is 0 Å². The molecule has 0 radical (unpaired) electrons. The van der Waals surface area contributed by atoms with Gasteiger partial charge in [-0.1, -0.05) is 43.7 Å². The molecule has 0 fully saturated rings. The summed E-state index contributed by atoms with van der Waals surface area (Å²) in [6, 6.07) is 13.8. The average Bonchev–Trinajstić information content (AvgIpc) is 3.64. The normalized spacial score (nSPS) is 11.3. The summed E-state index contributed by atoms with van der Waals surface area (Å²) in [5, 5.41) is 14.4. The van der Waals surface area contributed by atoms with Crippen LogP contribution >= 0.6 is 15.9 Å². The molecule has 0 aliphatic heterocycles. The summed E-state index contributed by atoms with van der Waals surface area (Å²) in [7, 11) is 0. The standard InChI is InChI=1S/C26H27BrN8O/c1-3-5-8-19-17-35(25-22(27)13-14-33(25)4-2)26(36)34(19)16-18-11-12-23(28-15-18)20-9-6-7-10-21(20)24-29-31-32-30-24/h6-7,9-15,17H,3-5,8,16H2,1-2H3,(H,29,30,31,32). The van der Waals surface area contributed by atoms with Crippen molar-refractivity contribution in [1.82, 2.24) is 39.3 Å². The molecule has 0 aliphatic carbocycles. The Morgan fingerprint density at radius 1 is 1.06 bits per heavy atom. The van der Waals surface area contributed by atoms with E-state index in [0.717, 1.165) is 64.2 Å². The van der Waals surface area contributed by atoms with Gasteiger partial charge in [-0.2, -0.15) is 5.21 Å². The minimum absolute atomic E-state index is 0.0540. The first-order valence-electron chi connectivity index (χ1n) is 12.0. The molecule has 36 heavy (non-hydrogen) atoms. The molecule has 5 aromatic rings. The van der Waals surface area contributed by atoms with Crippen LogP contribution in [0.2, 0.25) is 0 Å². The Labute approximate surface area is 217 Å². The maximum Gasteiger partial charge on any atom is 0.334 e. The third kappa shape index (κ3) is 4.56. The fourth-order valence-corrected chi connectivity index (χ4v) is 4.93. The highest BCUT2D eigenvalue weighted by Gasteiger charge is 2.18. The third-order valence-corrected chi connectivity index (χ3v) is 6.88. The Balaban J connectivity index is 1.48. The largest absolute Gasteiger partial charge is 0.334 e. The van der Waals surface area contributed by atoms with Crippen LogP contribution < -0.4 is 5.69 Å². The van der Waals surface area contributed by atoms with Gasteiger partial charge in [-0.05, 0) is 58.6 Å². The number of imidazole rings is 1. The zero-order valence-electron chi connectivity index (χ0n) is 20.2. The second-order valence-electron chi connectivity index (χ2n) is 8.57. The maximum atomic E-state index is 13.6. The van der Waals surface area contributed by atoms with E-state index in [2.05, 4.69) is 55.0 Å². The van der Waals surface area contributed by atoms with E-state index >= 15 is 0 Å². The zero-order valence-corrected chi connectivity index (χ0v) is 21.8. The number of aryl methyl sites for hydroxylation is 2. The Bertz CT molecular complexity index is 1510. The van der Waals surface area contributed by atoms with Gasteiger partial charge in [0.05, 0.1) is 16.7 Å². The minimum Gasteiger partial charge on any atom is -0.333 e. The summed E-state index contributed by atoms with van der Waals surface area (Å²) in [6.07, 6.45) is 8.72. The van der Waals surface area contributed by atoms with E-state index in [1.807, 2.05) is 65.6 Å². The van der Waals surface area contributed by atoms with Gasteiger partial charge in [-0.15, -0.1) is 10.2 Å². The number of hydrogen-bond donors (Lipinski definition) is 1. The van der Waals surface area contributed by atoms with Crippen molar-refractivity contribution in [3.63, 3.8) is 0 Å². The summed E-state index contributed by atoms with van der Waals surface area (Å²) in [6.45, 7) is 5.46. The topological polar surface area (TPSA) is 99.2 Å². The van der Waals surface area contributed by atoms with E-state index in [9.17, 15) is 4.79 Å². The zero-order chi connectivity index (χ0) is 25.1. The molecule has 0 unspecified atom stereocenters. The van der Waals surface area contributed by atoms with Crippen LogP contribution in [0.3, 0.4) is 0 Å². The van der Waals surface area contributed by atoms with Gasteiger partial charge in [0.15, 0.2) is 0 Å². The van der Waals surface area contributed by atoms with E-state index in [4.69, 9.17) is 4.98 Å². The lowest BCUT2D eigenvalue weighted by Crippen LogP contribution is -2.26. The molecule has 1 N–H and O–H groups in total. The lowest BCUT2D eigenvalue weighted by molar-refractivity contribution is 0.664. The number of tetrazole rings is 1. The number of nitrogens with one attached hydrogen (secondary N) is 1. The Hall–Kier alpha value is -3.79. The lowest BCUT2D eigenvalue weighted by Gasteiger charge is -2.09. The second-order valence-corrected chi connectivity index (χ2v) is 9.42. The van der Waals surface area contributed by atoms with Gasteiger partial charge in [-0.3, -0.25) is 14.1 Å². The van der Waals surface area contributed by atoms with E-state index in [-0.39, 0.29) is 5.69 Å². The molecule has 4 heterocycles. The molecule has 0 saturated carbocycles. The van der Waals surface area contributed by atoms with Gasteiger partial charge in [0.1, 0.15) is 5.82 Å². The van der Waals surface area contributed by atoms with Crippen LogP contribution in [0.25, 0.3) is 28.5 Å². The number of nitrogens with zero attached hydrogens (tertiary/aromatic N) is 7. The Kier molecular flexibility index (Phi) is 6.95. The van der Waals surface area contributed by atoms with Crippen molar-refractivity contribution in [1.29, 1.82) is 0 Å². The number of pyridine rings is 1. The smallest absolute Gasteiger partial charge is 0.333 e. The van der Waals surface area contributed by atoms with Crippen LogP contribution in [-0.2, 0) is 19.5 Å². The first-order valence-corrected chi connectivity index (χ1v) is 12.8. The molecule has 5 rings (SSSR count). The third-order valence-electron chi connectivity index (χ3n) is 6.26. The van der Waals surface area contributed by atoms with Crippen molar-refractivity contribution < 1.29 is 0 Å². The number of benzene rings is 1. The highest BCUT2D eigenvalue weighted by atomic mass is 79.9. The van der Waals surface area contributed by atoms with Crippen molar-refractivity contribution in [2.45, 2.75) is 46.2 Å². The molecule has 0 amide bonds. The molecule has 0 bridgehead atoms. The molecule has 0 aliphatic rings. The van der Waals surface area contributed by atoms with Crippen molar-refractivity contribution in [2.24, 2.45) is 0 Å². The number of unbranched alkanes of at least 4 members (excludes halogenated alkanes) is 1. The van der Waals surface area contributed by atoms with Gasteiger partial charge in [0, 0.05) is 42.0 Å². The summed E-state index contributed by atoms with van der Waals surface area (Å²) in [4.78, 5) is 18.3. The molecular weight excluding hydrogens is 520 g/mol. The van der Waals surface area contributed by atoms with Crippen LogP contribution in [0.15, 0.2) is 70.3 Å². The Morgan fingerprint density at radius 3 is 2.58 bits per heavy atom. The quantitative estimate of drug-likeness (QED) is 0.284. The summed E-state index contributed by atoms with van der Waals surface area (Å²) in [5.41, 5.74) is 4.50. The molecule has 9 nitrogen and oxygen atoms in total. The van der Waals surface area contributed by atoms with Gasteiger partial charge < -0.3 is 4.57 Å². The molecule has 0 saturated heterocycles. The van der Waals surface area contributed by atoms with Crippen molar-refractivity contribution in [2.75, 3.05) is 0 Å². The molecular formula is C26H27BrN8O. The molecule has 184 valence electrons. The molecule has 1 aromatic carbocycles. The first kappa shape index (κ1) is 23.9. The van der Waals surface area contributed by atoms with Crippen LogP contribution in [0.5, 0.6) is 0 Å². The highest BCUT2D eigenvalue weighted by molar-refractivity contribution is 9.10. The van der Waals surface area contributed by atoms with E-state index in [0.29, 0.717) is 12.4 Å². The minimum atomic E-state index is -0.0540. The Morgan fingerprint density at radius 2 is 1.89 bits per heavy atom.